The molecule has 0 saturated heterocycles. The molecule has 0 saturated carbocycles. The fourth-order valence-corrected chi connectivity index (χ4v) is 2.28. The van der Waals surface area contributed by atoms with Crippen LogP contribution in [0.1, 0.15) is 36.7 Å². The molecule has 1 aliphatic rings. The van der Waals surface area contributed by atoms with Crippen molar-refractivity contribution in [3.63, 3.8) is 0 Å². The molecule has 0 fully saturated rings. The molecular weight excluding hydrogens is 256 g/mol. The van der Waals surface area contributed by atoms with E-state index in [2.05, 4.69) is 0 Å². The van der Waals surface area contributed by atoms with Gasteiger partial charge in [-0.1, -0.05) is 0 Å². The van der Waals surface area contributed by atoms with Gasteiger partial charge in [0.2, 0.25) is 0 Å². The first-order chi connectivity index (χ1) is 9.37. The van der Waals surface area contributed by atoms with Gasteiger partial charge in [0.05, 0.1) is 5.56 Å². The Morgan fingerprint density at radius 1 is 1.25 bits per heavy atom. The number of fused-ring (bicyclic) bond motifs is 3. The molecule has 0 spiro atoms. The fourth-order valence-electron chi connectivity index (χ4n) is 2.28. The summed E-state index contributed by atoms with van der Waals surface area (Å²) < 4.78 is 11.1. The molecule has 4 nitrogen and oxygen atoms in total. The third-order valence-electron chi connectivity index (χ3n) is 3.30. The fraction of sp³-hybridized carbons (Fsp3) is 0.250. The highest BCUT2D eigenvalue weighted by molar-refractivity contribution is 5.98. The number of Topliss-reactive ketones (excluding diaryl/α,β-unsaturated/α-hetero) is 1. The zero-order chi connectivity index (χ0) is 14.5. The quantitative estimate of drug-likeness (QED) is 0.590. The first-order valence-corrected chi connectivity index (χ1v) is 6.37. The van der Waals surface area contributed by atoms with Gasteiger partial charge in [0.15, 0.2) is 5.78 Å². The normalized spacial score (nSPS) is 15.8. The molecule has 0 radical (unpaired) electrons. The lowest BCUT2D eigenvalue weighted by Crippen LogP contribution is -2.27. The number of carbonyl (C=O) groups excluding carboxylic acids is 1. The molecule has 0 atom stereocenters. The van der Waals surface area contributed by atoms with Gasteiger partial charge in [0, 0.05) is 5.39 Å². The highest BCUT2D eigenvalue weighted by Gasteiger charge is 2.24. The number of hydrogen-bond acceptors (Lipinski definition) is 4. The van der Waals surface area contributed by atoms with E-state index < -0.39 is 5.63 Å². The van der Waals surface area contributed by atoms with Crippen LogP contribution in [-0.4, -0.2) is 11.4 Å². The zero-order valence-electron chi connectivity index (χ0n) is 11.5. The van der Waals surface area contributed by atoms with E-state index in [4.69, 9.17) is 9.15 Å². The number of rotatable bonds is 1. The molecule has 0 unspecified atom stereocenters. The Bertz CT molecular complexity index is 809. The molecule has 102 valence electrons. The van der Waals surface area contributed by atoms with Gasteiger partial charge >= 0.3 is 5.63 Å². The van der Waals surface area contributed by atoms with Gasteiger partial charge in [0.1, 0.15) is 22.5 Å². The van der Waals surface area contributed by atoms with Gasteiger partial charge < -0.3 is 9.15 Å². The van der Waals surface area contributed by atoms with Crippen LogP contribution in [0.25, 0.3) is 17.0 Å². The van der Waals surface area contributed by atoms with Crippen LogP contribution in [0.5, 0.6) is 5.75 Å². The van der Waals surface area contributed by atoms with Crippen molar-refractivity contribution < 1.29 is 13.9 Å². The summed E-state index contributed by atoms with van der Waals surface area (Å²) in [6.45, 7) is 5.25. The number of carbonyl (C=O) groups is 1. The van der Waals surface area contributed by atoms with Crippen LogP contribution in [0.2, 0.25) is 0 Å². The second kappa shape index (κ2) is 4.07. The third-order valence-corrected chi connectivity index (χ3v) is 3.30. The predicted molar refractivity (Wildman–Crippen MR) is 76.2 cm³/mol. The molecular formula is C16H14O4. The smallest absolute Gasteiger partial charge is 0.347 e. The Morgan fingerprint density at radius 3 is 2.70 bits per heavy atom. The van der Waals surface area contributed by atoms with E-state index in [0.717, 1.165) is 5.56 Å². The van der Waals surface area contributed by atoms with Crippen LogP contribution in [0.15, 0.2) is 33.5 Å². The highest BCUT2D eigenvalue weighted by Crippen LogP contribution is 2.35. The number of ether oxygens (including phenoxy) is 1. The van der Waals surface area contributed by atoms with Crippen molar-refractivity contribution in [2.75, 3.05) is 0 Å². The molecule has 20 heavy (non-hydrogen) atoms. The predicted octanol–water partition coefficient (Wildman–Crippen LogP) is 3.18. The molecule has 2 heterocycles. The van der Waals surface area contributed by atoms with Crippen LogP contribution in [-0.2, 0) is 0 Å². The maximum atomic E-state index is 11.8. The average Bonchev–Trinajstić information content (AvgIpc) is 2.36. The summed E-state index contributed by atoms with van der Waals surface area (Å²) >= 11 is 0. The summed E-state index contributed by atoms with van der Waals surface area (Å²) in [5.41, 5.74) is 0.244. The Hall–Kier alpha value is -2.36. The highest BCUT2D eigenvalue weighted by atomic mass is 16.5. The largest absolute Gasteiger partial charge is 0.483 e. The van der Waals surface area contributed by atoms with Crippen molar-refractivity contribution in [3.8, 4) is 5.75 Å². The van der Waals surface area contributed by atoms with E-state index in [1.54, 1.807) is 12.1 Å². The van der Waals surface area contributed by atoms with Crippen LogP contribution in [0, 0.1) is 0 Å². The standard InChI is InChI=1S/C16H14O4/c1-9(17)12-8-10-4-5-13-11(14(10)19-15(12)18)6-7-16(2,3)20-13/h4-8H,1-3H3. The monoisotopic (exact) mass is 270 g/mol. The van der Waals surface area contributed by atoms with Gasteiger partial charge in [-0.3, -0.25) is 4.79 Å². The van der Waals surface area contributed by atoms with E-state index in [1.165, 1.54) is 6.92 Å². The molecule has 1 aromatic heterocycles. The third kappa shape index (κ3) is 1.93. The van der Waals surface area contributed by atoms with E-state index in [0.29, 0.717) is 16.7 Å². The minimum atomic E-state index is -0.614. The molecule has 0 aliphatic carbocycles. The first-order valence-electron chi connectivity index (χ1n) is 6.37. The minimum absolute atomic E-state index is 0.0680. The summed E-state index contributed by atoms with van der Waals surface area (Å²) in [7, 11) is 0. The van der Waals surface area contributed by atoms with Crippen molar-refractivity contribution in [2.45, 2.75) is 26.4 Å². The van der Waals surface area contributed by atoms with E-state index in [-0.39, 0.29) is 16.9 Å². The SMILES string of the molecule is CC(=O)c1cc2ccc3c(c2oc1=O)C=CC(C)(C)O3. The van der Waals surface area contributed by atoms with Gasteiger partial charge in [-0.2, -0.15) is 0 Å². The van der Waals surface area contributed by atoms with Crippen LogP contribution >= 0.6 is 0 Å². The summed E-state index contributed by atoms with van der Waals surface area (Å²) in [6, 6.07) is 5.18. The maximum Gasteiger partial charge on any atom is 0.347 e. The molecule has 1 aromatic carbocycles. The van der Waals surface area contributed by atoms with Crippen LogP contribution in [0.4, 0.5) is 0 Å². The lowest BCUT2D eigenvalue weighted by Gasteiger charge is -2.27. The summed E-state index contributed by atoms with van der Waals surface area (Å²) in [4.78, 5) is 23.2. The second-order valence-electron chi connectivity index (χ2n) is 5.44. The lowest BCUT2D eigenvalue weighted by atomic mass is 10.00. The van der Waals surface area contributed by atoms with Gasteiger partial charge in [-0.25, -0.2) is 4.79 Å². The number of hydrogen-bond donors (Lipinski definition) is 0. The molecule has 3 rings (SSSR count). The number of ketones is 1. The van der Waals surface area contributed by atoms with Crippen molar-refractivity contribution >= 4 is 22.8 Å². The lowest BCUT2D eigenvalue weighted by molar-refractivity contribution is 0.101. The van der Waals surface area contributed by atoms with E-state index >= 15 is 0 Å². The minimum Gasteiger partial charge on any atom is -0.483 e. The Kier molecular flexibility index (Phi) is 2.57. The van der Waals surface area contributed by atoms with Crippen LogP contribution in [0.3, 0.4) is 0 Å². The van der Waals surface area contributed by atoms with Crippen molar-refractivity contribution in [2.24, 2.45) is 0 Å². The van der Waals surface area contributed by atoms with Crippen molar-refractivity contribution in [1.82, 2.24) is 0 Å². The first kappa shape index (κ1) is 12.7. The number of benzene rings is 1. The second-order valence-corrected chi connectivity index (χ2v) is 5.44. The van der Waals surface area contributed by atoms with Gasteiger partial charge in [-0.05, 0) is 51.1 Å². The zero-order valence-corrected chi connectivity index (χ0v) is 11.5. The molecule has 1 aliphatic heterocycles. The molecule has 0 bridgehead atoms. The van der Waals surface area contributed by atoms with Gasteiger partial charge in [0.25, 0.3) is 0 Å². The van der Waals surface area contributed by atoms with Crippen LogP contribution < -0.4 is 10.4 Å². The average molecular weight is 270 g/mol. The maximum absolute atomic E-state index is 11.8. The molecule has 4 heteroatoms. The Balaban J connectivity index is 2.30. The molecule has 0 amide bonds. The summed E-state index contributed by atoms with van der Waals surface area (Å²) in [5.74, 6) is 0.370. The topological polar surface area (TPSA) is 56.5 Å². The van der Waals surface area contributed by atoms with E-state index in [9.17, 15) is 9.59 Å². The van der Waals surface area contributed by atoms with Crippen molar-refractivity contribution in [3.05, 3.63) is 45.8 Å². The van der Waals surface area contributed by atoms with E-state index in [1.807, 2.05) is 32.1 Å². The summed E-state index contributed by atoms with van der Waals surface area (Å²) in [6.07, 6.45) is 3.80. The van der Waals surface area contributed by atoms with Crippen molar-refractivity contribution in [1.29, 1.82) is 0 Å². The summed E-state index contributed by atoms with van der Waals surface area (Å²) in [5, 5.41) is 0.710. The molecule has 0 N–H and O–H groups in total. The molecule has 2 aromatic rings. The Morgan fingerprint density at radius 2 is 2.00 bits per heavy atom. The van der Waals surface area contributed by atoms with Gasteiger partial charge in [-0.15, -0.1) is 0 Å². The Labute approximate surface area is 115 Å².